The zero-order chi connectivity index (χ0) is 26.4. The number of pyridine rings is 2. The molecule has 0 fully saturated rings. The van der Waals surface area contributed by atoms with Crippen molar-refractivity contribution in [1.29, 1.82) is 0 Å². The lowest BCUT2D eigenvalue weighted by atomic mass is 10.1. The molecule has 6 aromatic rings. The Kier molecular flexibility index (Phi) is 5.83. The van der Waals surface area contributed by atoms with Gasteiger partial charge in [0.2, 0.25) is 5.56 Å². The molecule has 0 spiro atoms. The highest BCUT2D eigenvalue weighted by Crippen LogP contribution is 2.23. The number of nitrogens with zero attached hydrogens (tertiary/aromatic N) is 5. The lowest BCUT2D eigenvalue weighted by Gasteiger charge is -2.15. The Labute approximate surface area is 221 Å². The molecule has 7 heteroatoms. The van der Waals surface area contributed by atoms with Crippen LogP contribution in [0.3, 0.4) is 0 Å². The van der Waals surface area contributed by atoms with E-state index in [0.29, 0.717) is 6.54 Å². The van der Waals surface area contributed by atoms with Crippen LogP contribution in [0.2, 0.25) is 0 Å². The Balaban J connectivity index is 1.32. The van der Waals surface area contributed by atoms with Crippen molar-refractivity contribution in [3.8, 4) is 11.6 Å². The summed E-state index contributed by atoms with van der Waals surface area (Å²) in [5.74, 6) is 1.85. The number of benzene rings is 1. The summed E-state index contributed by atoms with van der Waals surface area (Å²) in [6.45, 7) is 9.11. The zero-order valence-electron chi connectivity index (χ0n) is 22.1. The molecular formula is C31H30N6O. The van der Waals surface area contributed by atoms with E-state index < -0.39 is 0 Å². The second-order valence-corrected chi connectivity index (χ2v) is 10.1. The predicted molar refractivity (Wildman–Crippen MR) is 151 cm³/mol. The molecule has 0 bridgehead atoms. The van der Waals surface area contributed by atoms with Gasteiger partial charge in [0.1, 0.15) is 11.6 Å². The Bertz CT molecular complexity index is 1740. The van der Waals surface area contributed by atoms with Crippen molar-refractivity contribution in [3.05, 3.63) is 129 Å². The molecule has 0 aliphatic carbocycles. The minimum Gasteiger partial charge on any atom is -0.322 e. The van der Waals surface area contributed by atoms with Gasteiger partial charge >= 0.3 is 0 Å². The fraction of sp³-hybridized carbons (Fsp3) is 0.194. The lowest BCUT2D eigenvalue weighted by molar-refractivity contribution is 0.687. The number of hydrogen-bond donors (Lipinski definition) is 1. The van der Waals surface area contributed by atoms with Gasteiger partial charge < -0.3 is 14.1 Å². The topological polar surface area (TPSA) is 73.4 Å². The minimum absolute atomic E-state index is 0.0893. The second-order valence-electron chi connectivity index (χ2n) is 10.1. The SMILES string of the molecule is Cc1ccc(C)n1-c1cc(Cc2cnn(Cc3ccc4[nH]c(=O)ccc4c3)c2)cc(-n2c(C)ccc2C)n1. The van der Waals surface area contributed by atoms with Gasteiger partial charge in [-0.3, -0.25) is 9.48 Å². The maximum atomic E-state index is 11.6. The van der Waals surface area contributed by atoms with Gasteiger partial charge in [0.05, 0.1) is 12.7 Å². The highest BCUT2D eigenvalue weighted by Gasteiger charge is 2.13. The van der Waals surface area contributed by atoms with E-state index in [2.05, 4.69) is 95.6 Å². The first-order valence-corrected chi connectivity index (χ1v) is 12.8. The number of aromatic amines is 1. The Hall–Kier alpha value is -4.65. The van der Waals surface area contributed by atoms with Crippen LogP contribution in [0, 0.1) is 27.7 Å². The van der Waals surface area contributed by atoms with E-state index in [1.165, 1.54) is 5.56 Å². The second kappa shape index (κ2) is 9.34. The number of rotatable bonds is 6. The van der Waals surface area contributed by atoms with E-state index in [1.54, 1.807) is 6.07 Å². The summed E-state index contributed by atoms with van der Waals surface area (Å²) < 4.78 is 6.38. The summed E-state index contributed by atoms with van der Waals surface area (Å²) in [5.41, 5.74) is 8.83. The van der Waals surface area contributed by atoms with E-state index in [1.807, 2.05) is 29.1 Å². The first-order valence-electron chi connectivity index (χ1n) is 12.8. The Morgan fingerprint density at radius 3 is 1.97 bits per heavy atom. The summed E-state index contributed by atoms with van der Waals surface area (Å²) in [6.07, 6.45) is 4.80. The van der Waals surface area contributed by atoms with Gasteiger partial charge in [-0.05, 0) is 104 Å². The maximum absolute atomic E-state index is 11.6. The quantitative estimate of drug-likeness (QED) is 0.323. The van der Waals surface area contributed by atoms with Crippen LogP contribution >= 0.6 is 0 Å². The minimum atomic E-state index is -0.0893. The van der Waals surface area contributed by atoms with Crippen LogP contribution in [0.25, 0.3) is 22.5 Å². The number of nitrogens with one attached hydrogen (secondary N) is 1. The summed E-state index contributed by atoms with van der Waals surface area (Å²) in [7, 11) is 0. The smallest absolute Gasteiger partial charge is 0.248 e. The molecular weight excluding hydrogens is 472 g/mol. The number of aromatic nitrogens is 6. The van der Waals surface area contributed by atoms with Crippen LogP contribution in [-0.2, 0) is 13.0 Å². The molecule has 1 aromatic carbocycles. The van der Waals surface area contributed by atoms with Gasteiger partial charge in [-0.25, -0.2) is 4.98 Å². The van der Waals surface area contributed by atoms with Crippen molar-refractivity contribution >= 4 is 10.9 Å². The van der Waals surface area contributed by atoms with Gasteiger partial charge in [-0.2, -0.15) is 5.10 Å². The number of fused-ring (bicyclic) bond motifs is 1. The monoisotopic (exact) mass is 502 g/mol. The highest BCUT2D eigenvalue weighted by molar-refractivity contribution is 5.78. The van der Waals surface area contributed by atoms with E-state index in [9.17, 15) is 4.79 Å². The molecule has 1 N–H and O–H groups in total. The van der Waals surface area contributed by atoms with Crippen molar-refractivity contribution in [1.82, 2.24) is 28.9 Å². The van der Waals surface area contributed by atoms with Crippen LogP contribution in [0.15, 0.2) is 83.9 Å². The van der Waals surface area contributed by atoms with E-state index in [4.69, 9.17) is 4.98 Å². The molecule has 0 atom stereocenters. The molecule has 0 aliphatic rings. The first-order chi connectivity index (χ1) is 18.3. The molecule has 38 heavy (non-hydrogen) atoms. The Morgan fingerprint density at radius 2 is 1.34 bits per heavy atom. The highest BCUT2D eigenvalue weighted by atomic mass is 16.1. The third-order valence-corrected chi connectivity index (χ3v) is 7.09. The summed E-state index contributed by atoms with van der Waals surface area (Å²) >= 11 is 0. The van der Waals surface area contributed by atoms with Gasteiger partial charge in [0, 0.05) is 47.0 Å². The molecule has 5 heterocycles. The molecule has 0 amide bonds. The van der Waals surface area contributed by atoms with Crippen LogP contribution in [0.5, 0.6) is 0 Å². The third kappa shape index (κ3) is 4.47. The zero-order valence-corrected chi connectivity index (χ0v) is 22.1. The van der Waals surface area contributed by atoms with Crippen LogP contribution in [0.1, 0.15) is 39.5 Å². The summed E-state index contributed by atoms with van der Waals surface area (Å²) in [5, 5.41) is 5.65. The molecule has 0 radical (unpaired) electrons. The molecule has 0 saturated heterocycles. The van der Waals surface area contributed by atoms with Crippen molar-refractivity contribution in [2.75, 3.05) is 0 Å². The lowest BCUT2D eigenvalue weighted by Crippen LogP contribution is -2.09. The third-order valence-electron chi connectivity index (χ3n) is 7.09. The molecule has 0 unspecified atom stereocenters. The summed E-state index contributed by atoms with van der Waals surface area (Å²) in [4.78, 5) is 19.5. The average molecular weight is 503 g/mol. The fourth-order valence-electron chi connectivity index (χ4n) is 5.26. The van der Waals surface area contributed by atoms with Gasteiger partial charge in [0.15, 0.2) is 0 Å². The molecule has 190 valence electrons. The average Bonchev–Trinajstić information content (AvgIpc) is 3.57. The molecule has 0 saturated carbocycles. The van der Waals surface area contributed by atoms with Crippen molar-refractivity contribution in [2.45, 2.75) is 40.7 Å². The maximum Gasteiger partial charge on any atom is 0.248 e. The van der Waals surface area contributed by atoms with Crippen LogP contribution in [0.4, 0.5) is 0 Å². The van der Waals surface area contributed by atoms with Crippen molar-refractivity contribution in [3.63, 3.8) is 0 Å². The summed E-state index contributed by atoms with van der Waals surface area (Å²) in [6, 6.07) is 22.4. The normalized spacial score (nSPS) is 11.5. The first kappa shape index (κ1) is 23.7. The van der Waals surface area contributed by atoms with Crippen molar-refractivity contribution < 1.29 is 0 Å². The fourth-order valence-corrected chi connectivity index (χ4v) is 5.26. The van der Waals surface area contributed by atoms with Crippen molar-refractivity contribution in [2.24, 2.45) is 0 Å². The van der Waals surface area contributed by atoms with Gasteiger partial charge in [-0.1, -0.05) is 6.07 Å². The van der Waals surface area contributed by atoms with E-state index >= 15 is 0 Å². The molecule has 0 aliphatic heterocycles. The number of hydrogen-bond acceptors (Lipinski definition) is 3. The number of H-pyrrole nitrogens is 1. The van der Waals surface area contributed by atoms with Gasteiger partial charge in [0.25, 0.3) is 0 Å². The molecule has 7 nitrogen and oxygen atoms in total. The molecule has 6 rings (SSSR count). The number of aryl methyl sites for hydroxylation is 4. The largest absolute Gasteiger partial charge is 0.322 e. The Morgan fingerprint density at radius 1 is 0.711 bits per heavy atom. The van der Waals surface area contributed by atoms with E-state index in [0.717, 1.165) is 62.9 Å². The van der Waals surface area contributed by atoms with Crippen LogP contribution in [-0.4, -0.2) is 28.9 Å². The van der Waals surface area contributed by atoms with E-state index in [-0.39, 0.29) is 5.56 Å². The predicted octanol–water partition coefficient (Wildman–Crippen LogP) is 5.57. The van der Waals surface area contributed by atoms with Gasteiger partial charge in [-0.15, -0.1) is 0 Å². The van der Waals surface area contributed by atoms with Crippen LogP contribution < -0.4 is 5.56 Å². The molecule has 5 aromatic heterocycles. The standard InChI is InChI=1S/C31H30N6O/c1-20-5-6-21(2)36(20)29-15-25(16-30(34-29)37-22(3)7-8-23(37)4)13-26-17-32-35(19-26)18-24-9-11-28-27(14-24)10-12-31(38)33-28/h5-12,14-17,19H,13,18H2,1-4H3,(H,33,38).